The minimum absolute atomic E-state index is 0.0156. The molecule has 4 saturated carbocycles. The third-order valence-corrected chi connectivity index (χ3v) is 11.1. The highest BCUT2D eigenvalue weighted by Crippen LogP contribution is 2.69. The molecule has 13 atom stereocenters. The molecule has 0 heterocycles. The first-order chi connectivity index (χ1) is 15.0. The average molecular weight is 453 g/mol. The van der Waals surface area contributed by atoms with Gasteiger partial charge in [-0.1, -0.05) is 34.1 Å². The van der Waals surface area contributed by atoms with Crippen LogP contribution in [0, 0.1) is 52.3 Å². The van der Waals surface area contributed by atoms with Crippen molar-refractivity contribution in [2.24, 2.45) is 52.3 Å². The van der Waals surface area contributed by atoms with Crippen LogP contribution in [0.5, 0.6) is 0 Å². The molecule has 4 aliphatic rings. The van der Waals surface area contributed by atoms with E-state index in [9.17, 15) is 30.3 Å². The van der Waals surface area contributed by atoms with Crippen LogP contribution in [0.2, 0.25) is 0 Å². The Morgan fingerprint density at radius 3 is 2.34 bits per heavy atom. The standard InChI is InChI=1S/C26H44O6/c1-5-15-18-11-14(27)8-9-25(18,3)19-12-21(29)26(4)16(13(2)10-20(28)24(31)32)6-7-17(26)22(19)23(15)30/h13-23,27-30H,5-12H2,1-4H3,(H,31,32)/t13-,14-,15-,16-,17?,18+,19?,20+,21+,22?,23-,25+,26-/m1/s1. The van der Waals surface area contributed by atoms with E-state index in [4.69, 9.17) is 0 Å². The monoisotopic (exact) mass is 452 g/mol. The van der Waals surface area contributed by atoms with Gasteiger partial charge in [-0.3, -0.25) is 0 Å². The van der Waals surface area contributed by atoms with Crippen LogP contribution in [0.4, 0.5) is 0 Å². The lowest BCUT2D eigenvalue weighted by Crippen LogP contribution is -2.65. The summed E-state index contributed by atoms with van der Waals surface area (Å²) in [6.07, 6.45) is 3.50. The van der Waals surface area contributed by atoms with Crippen molar-refractivity contribution in [1.29, 1.82) is 0 Å². The zero-order valence-corrected chi connectivity index (χ0v) is 20.2. The topological polar surface area (TPSA) is 118 Å². The number of aliphatic carboxylic acids is 1. The van der Waals surface area contributed by atoms with Crippen LogP contribution >= 0.6 is 0 Å². The maximum atomic E-state index is 11.7. The highest BCUT2D eigenvalue weighted by Gasteiger charge is 2.67. The molecule has 0 saturated heterocycles. The van der Waals surface area contributed by atoms with Crippen molar-refractivity contribution in [3.8, 4) is 0 Å². The molecule has 4 rings (SSSR count). The van der Waals surface area contributed by atoms with Crippen molar-refractivity contribution in [3.05, 3.63) is 0 Å². The Labute approximate surface area is 192 Å². The third kappa shape index (κ3) is 3.47. The number of carbonyl (C=O) groups is 1. The second kappa shape index (κ2) is 8.51. The zero-order valence-electron chi connectivity index (χ0n) is 20.2. The Morgan fingerprint density at radius 2 is 1.72 bits per heavy atom. The van der Waals surface area contributed by atoms with Gasteiger partial charge in [0.1, 0.15) is 0 Å². The Hall–Kier alpha value is -0.690. The molecule has 3 unspecified atom stereocenters. The summed E-state index contributed by atoms with van der Waals surface area (Å²) in [5, 5.41) is 52.9. The average Bonchev–Trinajstić information content (AvgIpc) is 3.09. The molecule has 0 aliphatic heterocycles. The second-order valence-corrected chi connectivity index (χ2v) is 12.3. The molecule has 4 fully saturated rings. The van der Waals surface area contributed by atoms with Crippen LogP contribution in [0.25, 0.3) is 0 Å². The molecular weight excluding hydrogens is 408 g/mol. The maximum absolute atomic E-state index is 11.7. The van der Waals surface area contributed by atoms with Crippen molar-refractivity contribution in [3.63, 3.8) is 0 Å². The number of fused-ring (bicyclic) bond motifs is 5. The van der Waals surface area contributed by atoms with E-state index in [0.717, 1.165) is 38.5 Å². The molecule has 0 amide bonds. The Bertz CT molecular complexity index is 712. The lowest BCUT2D eigenvalue weighted by molar-refractivity contribution is -0.228. The van der Waals surface area contributed by atoms with E-state index in [0.29, 0.717) is 6.42 Å². The molecule has 32 heavy (non-hydrogen) atoms. The van der Waals surface area contributed by atoms with Crippen molar-refractivity contribution >= 4 is 5.97 Å². The minimum atomic E-state index is -1.38. The zero-order chi connectivity index (χ0) is 23.6. The predicted octanol–water partition coefficient (Wildman–Crippen LogP) is 3.06. The molecule has 6 heteroatoms. The first-order valence-electron chi connectivity index (χ1n) is 12.9. The fraction of sp³-hybridized carbons (Fsp3) is 0.962. The molecule has 0 aromatic rings. The van der Waals surface area contributed by atoms with Gasteiger partial charge >= 0.3 is 5.97 Å². The summed E-state index contributed by atoms with van der Waals surface area (Å²) in [6, 6.07) is 0. The Balaban J connectivity index is 1.66. The van der Waals surface area contributed by atoms with E-state index in [1.54, 1.807) is 0 Å². The van der Waals surface area contributed by atoms with Gasteiger partial charge in [0.05, 0.1) is 18.3 Å². The molecule has 4 aliphatic carbocycles. The summed E-state index contributed by atoms with van der Waals surface area (Å²) in [4.78, 5) is 11.2. The van der Waals surface area contributed by atoms with Gasteiger partial charge in [0.15, 0.2) is 6.10 Å². The quantitative estimate of drug-likeness (QED) is 0.438. The van der Waals surface area contributed by atoms with E-state index >= 15 is 0 Å². The number of aliphatic hydroxyl groups is 4. The van der Waals surface area contributed by atoms with E-state index < -0.39 is 24.3 Å². The first-order valence-corrected chi connectivity index (χ1v) is 12.9. The maximum Gasteiger partial charge on any atom is 0.332 e. The summed E-state index contributed by atoms with van der Waals surface area (Å²) in [6.45, 7) is 8.67. The van der Waals surface area contributed by atoms with E-state index in [1.807, 2.05) is 6.92 Å². The van der Waals surface area contributed by atoms with Crippen LogP contribution < -0.4 is 0 Å². The van der Waals surface area contributed by atoms with Gasteiger partial charge in [-0.05, 0) is 97.2 Å². The van der Waals surface area contributed by atoms with Crippen LogP contribution in [0.15, 0.2) is 0 Å². The Morgan fingerprint density at radius 1 is 1.03 bits per heavy atom. The molecule has 0 spiro atoms. The summed E-state index contributed by atoms with van der Waals surface area (Å²) in [5.74, 6) is -0.0587. The number of aliphatic hydroxyl groups excluding tert-OH is 4. The van der Waals surface area contributed by atoms with E-state index in [-0.39, 0.29) is 64.8 Å². The number of carboxylic acid groups (broad SMARTS) is 1. The predicted molar refractivity (Wildman–Crippen MR) is 121 cm³/mol. The van der Waals surface area contributed by atoms with Gasteiger partial charge in [-0.15, -0.1) is 0 Å². The van der Waals surface area contributed by atoms with Crippen molar-refractivity contribution in [2.45, 2.75) is 103 Å². The fourth-order valence-electron chi connectivity index (χ4n) is 9.51. The van der Waals surface area contributed by atoms with Gasteiger partial charge in [-0.25, -0.2) is 4.79 Å². The second-order valence-electron chi connectivity index (χ2n) is 12.3. The smallest absolute Gasteiger partial charge is 0.332 e. The number of rotatable bonds is 5. The van der Waals surface area contributed by atoms with Gasteiger partial charge in [-0.2, -0.15) is 0 Å². The number of hydrogen-bond acceptors (Lipinski definition) is 5. The van der Waals surface area contributed by atoms with Gasteiger partial charge in [0, 0.05) is 0 Å². The van der Waals surface area contributed by atoms with E-state index in [2.05, 4.69) is 20.8 Å². The molecule has 0 aromatic carbocycles. The number of carboxylic acids is 1. The van der Waals surface area contributed by atoms with Crippen molar-refractivity contribution in [2.75, 3.05) is 0 Å². The molecule has 5 N–H and O–H groups in total. The molecule has 184 valence electrons. The normalized spacial score (nSPS) is 52.4. The molecule has 0 bridgehead atoms. The summed E-state index contributed by atoms with van der Waals surface area (Å²) < 4.78 is 0. The minimum Gasteiger partial charge on any atom is -0.479 e. The van der Waals surface area contributed by atoms with Crippen LogP contribution in [-0.4, -0.2) is 55.9 Å². The largest absolute Gasteiger partial charge is 0.479 e. The molecule has 0 aromatic heterocycles. The summed E-state index contributed by atoms with van der Waals surface area (Å²) in [7, 11) is 0. The summed E-state index contributed by atoms with van der Waals surface area (Å²) >= 11 is 0. The SMILES string of the molecule is CC[C@H]1[C@@H](O)C2C3CC[C@H]([C@H](C)C[C@H](O)C(=O)O)[C@@]3(C)[C@@H](O)CC2[C@@]2(C)CC[C@@H](O)C[C@@H]12. The Kier molecular flexibility index (Phi) is 6.50. The lowest BCUT2D eigenvalue weighted by Gasteiger charge is -2.65. The lowest BCUT2D eigenvalue weighted by atomic mass is 9.41. The highest BCUT2D eigenvalue weighted by molar-refractivity contribution is 5.71. The van der Waals surface area contributed by atoms with Crippen LogP contribution in [-0.2, 0) is 4.79 Å². The van der Waals surface area contributed by atoms with Crippen molar-refractivity contribution < 1.29 is 30.3 Å². The van der Waals surface area contributed by atoms with Gasteiger partial charge in [0.25, 0.3) is 0 Å². The molecular formula is C26H44O6. The molecule has 0 radical (unpaired) electrons. The van der Waals surface area contributed by atoms with Gasteiger partial charge in [0.2, 0.25) is 0 Å². The van der Waals surface area contributed by atoms with Crippen molar-refractivity contribution in [1.82, 2.24) is 0 Å². The van der Waals surface area contributed by atoms with Gasteiger partial charge < -0.3 is 25.5 Å². The third-order valence-electron chi connectivity index (χ3n) is 11.1. The number of hydrogen-bond donors (Lipinski definition) is 5. The summed E-state index contributed by atoms with van der Waals surface area (Å²) in [5.41, 5.74) is -0.356. The van der Waals surface area contributed by atoms with E-state index in [1.165, 1.54) is 0 Å². The molecule has 6 nitrogen and oxygen atoms in total. The van der Waals surface area contributed by atoms with Crippen LogP contribution in [0.3, 0.4) is 0 Å². The highest BCUT2D eigenvalue weighted by atomic mass is 16.4. The first kappa shape index (κ1) is 24.4. The fourth-order valence-corrected chi connectivity index (χ4v) is 9.51. The van der Waals surface area contributed by atoms with Crippen LogP contribution in [0.1, 0.15) is 79.1 Å².